The van der Waals surface area contributed by atoms with E-state index >= 15 is 0 Å². The lowest BCUT2D eigenvalue weighted by Gasteiger charge is -2.18. The smallest absolute Gasteiger partial charge is 0.106 e. The molecule has 3 nitrogen and oxygen atoms in total. The van der Waals surface area contributed by atoms with Crippen LogP contribution in [0.25, 0.3) is 0 Å². The molecule has 2 unspecified atom stereocenters. The fraction of sp³-hybridized carbons (Fsp3) is 0.455. The summed E-state index contributed by atoms with van der Waals surface area (Å²) in [6.07, 6.45) is -1.64. The fourth-order valence-electron chi connectivity index (χ4n) is 1.48. The van der Waals surface area contributed by atoms with Crippen molar-refractivity contribution in [2.24, 2.45) is 0 Å². The Balaban J connectivity index is 2.85. The maximum absolute atomic E-state index is 9.86. The van der Waals surface area contributed by atoms with Crippen LogP contribution in [0.1, 0.15) is 17.2 Å². The Kier molecular flexibility index (Phi) is 4.73. The van der Waals surface area contributed by atoms with Crippen LogP contribution in [0.15, 0.2) is 22.7 Å². The predicted molar refractivity (Wildman–Crippen MR) is 63.8 cm³/mol. The van der Waals surface area contributed by atoms with Gasteiger partial charge < -0.3 is 15.5 Å². The van der Waals surface area contributed by atoms with Gasteiger partial charge in [0.1, 0.15) is 6.10 Å². The fourth-order valence-corrected chi connectivity index (χ4v) is 2.10. The summed E-state index contributed by atoms with van der Waals surface area (Å²) in [7, 11) is 1.74. The van der Waals surface area contributed by atoms with Crippen molar-refractivity contribution in [3.8, 4) is 0 Å². The van der Waals surface area contributed by atoms with Gasteiger partial charge in [0, 0.05) is 11.0 Å². The van der Waals surface area contributed by atoms with Crippen LogP contribution in [-0.4, -0.2) is 29.9 Å². The lowest BCUT2D eigenvalue weighted by molar-refractivity contribution is 0.0202. The summed E-state index contributed by atoms with van der Waals surface area (Å²) in [6.45, 7) is 2.32. The van der Waals surface area contributed by atoms with Crippen LogP contribution in [0.3, 0.4) is 0 Å². The molecular weight excluding hydrogens is 258 g/mol. The highest BCUT2D eigenvalue weighted by Crippen LogP contribution is 2.22. The molecule has 0 saturated heterocycles. The van der Waals surface area contributed by atoms with Crippen LogP contribution < -0.4 is 5.32 Å². The van der Waals surface area contributed by atoms with E-state index in [1.54, 1.807) is 7.05 Å². The van der Waals surface area contributed by atoms with Gasteiger partial charge in [-0.3, -0.25) is 0 Å². The molecule has 84 valence electrons. The van der Waals surface area contributed by atoms with Gasteiger partial charge >= 0.3 is 0 Å². The molecule has 0 spiro atoms. The lowest BCUT2D eigenvalue weighted by Crippen LogP contribution is -2.29. The number of hydrogen-bond donors (Lipinski definition) is 3. The van der Waals surface area contributed by atoms with E-state index in [0.29, 0.717) is 6.54 Å². The number of halogens is 1. The van der Waals surface area contributed by atoms with Crippen LogP contribution in [0.2, 0.25) is 0 Å². The summed E-state index contributed by atoms with van der Waals surface area (Å²) in [5.74, 6) is 0. The van der Waals surface area contributed by atoms with Gasteiger partial charge in [0.25, 0.3) is 0 Å². The first-order chi connectivity index (χ1) is 7.04. The summed E-state index contributed by atoms with van der Waals surface area (Å²) < 4.78 is 0.910. The summed E-state index contributed by atoms with van der Waals surface area (Å²) >= 11 is 3.36. The molecule has 1 rings (SSSR count). The van der Waals surface area contributed by atoms with Crippen LogP contribution in [0.4, 0.5) is 0 Å². The van der Waals surface area contributed by atoms with Crippen molar-refractivity contribution in [1.29, 1.82) is 0 Å². The van der Waals surface area contributed by atoms with Crippen molar-refractivity contribution in [3.05, 3.63) is 33.8 Å². The zero-order chi connectivity index (χ0) is 11.4. The number of nitrogens with one attached hydrogen (secondary N) is 1. The van der Waals surface area contributed by atoms with Crippen LogP contribution in [0.5, 0.6) is 0 Å². The largest absolute Gasteiger partial charge is 0.389 e. The quantitative estimate of drug-likeness (QED) is 0.777. The van der Waals surface area contributed by atoms with Gasteiger partial charge in [0.2, 0.25) is 0 Å². The SMILES string of the molecule is CNCC(O)C(O)c1cc(C)cc(Br)c1. The van der Waals surface area contributed by atoms with E-state index < -0.39 is 12.2 Å². The number of likely N-dealkylation sites (N-methyl/N-ethyl adjacent to an activating group) is 1. The second kappa shape index (κ2) is 5.61. The Hall–Kier alpha value is -0.420. The Morgan fingerprint density at radius 3 is 2.53 bits per heavy atom. The molecule has 4 heteroatoms. The molecular formula is C11H16BrNO2. The van der Waals surface area contributed by atoms with Crippen molar-refractivity contribution in [2.45, 2.75) is 19.1 Å². The summed E-state index contributed by atoms with van der Waals surface area (Å²) in [6, 6.07) is 5.64. The van der Waals surface area contributed by atoms with Gasteiger partial charge in [-0.2, -0.15) is 0 Å². The number of benzene rings is 1. The molecule has 0 heterocycles. The number of hydrogen-bond acceptors (Lipinski definition) is 3. The molecule has 15 heavy (non-hydrogen) atoms. The van der Waals surface area contributed by atoms with E-state index in [4.69, 9.17) is 0 Å². The molecule has 0 aliphatic carbocycles. The summed E-state index contributed by atoms with van der Waals surface area (Å²) in [5, 5.41) is 22.3. The number of aryl methyl sites for hydroxylation is 1. The van der Waals surface area contributed by atoms with E-state index in [0.717, 1.165) is 15.6 Å². The molecule has 0 bridgehead atoms. The minimum absolute atomic E-state index is 0.368. The highest BCUT2D eigenvalue weighted by molar-refractivity contribution is 9.10. The topological polar surface area (TPSA) is 52.5 Å². The first-order valence-electron chi connectivity index (χ1n) is 4.82. The third-order valence-corrected chi connectivity index (χ3v) is 2.64. The zero-order valence-corrected chi connectivity index (χ0v) is 10.5. The van der Waals surface area contributed by atoms with Crippen LogP contribution >= 0.6 is 15.9 Å². The van der Waals surface area contributed by atoms with Gasteiger partial charge in [0.15, 0.2) is 0 Å². The van der Waals surface area contributed by atoms with Gasteiger partial charge in [-0.15, -0.1) is 0 Å². The Morgan fingerprint density at radius 2 is 2.00 bits per heavy atom. The van der Waals surface area contributed by atoms with E-state index in [1.807, 2.05) is 25.1 Å². The molecule has 0 amide bonds. The minimum atomic E-state index is -0.853. The van der Waals surface area contributed by atoms with Gasteiger partial charge in [-0.1, -0.05) is 22.0 Å². The maximum atomic E-state index is 9.86. The number of rotatable bonds is 4. The molecule has 0 saturated carbocycles. The first kappa shape index (κ1) is 12.6. The van der Waals surface area contributed by atoms with E-state index in [1.165, 1.54) is 0 Å². The molecule has 3 N–H and O–H groups in total. The second-order valence-corrected chi connectivity index (χ2v) is 4.55. The normalized spacial score (nSPS) is 15.0. The Labute approximate surface area is 98.3 Å². The van der Waals surface area contributed by atoms with Crippen LogP contribution in [0, 0.1) is 6.92 Å². The van der Waals surface area contributed by atoms with Crippen LogP contribution in [-0.2, 0) is 0 Å². The van der Waals surface area contributed by atoms with Gasteiger partial charge in [-0.05, 0) is 37.2 Å². The molecule has 2 atom stereocenters. The highest BCUT2D eigenvalue weighted by Gasteiger charge is 2.17. The molecule has 0 radical (unpaired) electrons. The molecule has 0 fully saturated rings. The number of aliphatic hydroxyl groups excluding tert-OH is 2. The van der Waals surface area contributed by atoms with Crippen molar-refractivity contribution >= 4 is 15.9 Å². The molecule has 0 aromatic heterocycles. The highest BCUT2D eigenvalue weighted by atomic mass is 79.9. The van der Waals surface area contributed by atoms with Crippen molar-refractivity contribution in [1.82, 2.24) is 5.32 Å². The average molecular weight is 274 g/mol. The Bertz CT molecular complexity index is 310. The second-order valence-electron chi connectivity index (χ2n) is 3.63. The molecule has 1 aromatic rings. The van der Waals surface area contributed by atoms with E-state index in [2.05, 4.69) is 21.2 Å². The standard InChI is InChI=1S/C11H16BrNO2/c1-7-3-8(5-9(12)4-7)11(15)10(14)6-13-2/h3-5,10-11,13-15H,6H2,1-2H3. The molecule has 0 aliphatic rings. The third-order valence-electron chi connectivity index (χ3n) is 2.18. The predicted octanol–water partition coefficient (Wildman–Crippen LogP) is 1.37. The lowest BCUT2D eigenvalue weighted by atomic mass is 10.0. The molecule has 1 aromatic carbocycles. The maximum Gasteiger partial charge on any atom is 0.106 e. The Morgan fingerprint density at radius 1 is 1.33 bits per heavy atom. The summed E-state index contributed by atoms with van der Waals surface area (Å²) in [4.78, 5) is 0. The summed E-state index contributed by atoms with van der Waals surface area (Å²) in [5.41, 5.74) is 1.78. The van der Waals surface area contributed by atoms with E-state index in [9.17, 15) is 10.2 Å². The first-order valence-corrected chi connectivity index (χ1v) is 5.61. The zero-order valence-electron chi connectivity index (χ0n) is 8.87. The van der Waals surface area contributed by atoms with Crippen molar-refractivity contribution in [2.75, 3.05) is 13.6 Å². The number of aliphatic hydroxyl groups is 2. The average Bonchev–Trinajstić information content (AvgIpc) is 2.15. The van der Waals surface area contributed by atoms with Crippen molar-refractivity contribution in [3.63, 3.8) is 0 Å². The minimum Gasteiger partial charge on any atom is -0.389 e. The van der Waals surface area contributed by atoms with Crippen molar-refractivity contribution < 1.29 is 10.2 Å². The van der Waals surface area contributed by atoms with E-state index in [-0.39, 0.29) is 0 Å². The monoisotopic (exact) mass is 273 g/mol. The van der Waals surface area contributed by atoms with Gasteiger partial charge in [-0.25, -0.2) is 0 Å². The molecule has 0 aliphatic heterocycles. The van der Waals surface area contributed by atoms with Gasteiger partial charge in [0.05, 0.1) is 6.10 Å². The third kappa shape index (κ3) is 3.57.